The first-order valence-corrected chi connectivity index (χ1v) is 8.53. The van der Waals surface area contributed by atoms with Crippen LogP contribution in [0.4, 0.5) is 4.39 Å². The zero-order chi connectivity index (χ0) is 15.2. The fourth-order valence-electron chi connectivity index (χ4n) is 1.88. The summed E-state index contributed by atoms with van der Waals surface area (Å²) in [7, 11) is 0. The molecule has 3 N–H and O–H groups in total. The molecule has 1 unspecified atom stereocenters. The van der Waals surface area contributed by atoms with Crippen molar-refractivity contribution in [1.29, 1.82) is 0 Å². The largest absolute Gasteiger partial charge is 0.271 e. The maximum absolute atomic E-state index is 13.8. The number of rotatable bonds is 6. The van der Waals surface area contributed by atoms with Crippen LogP contribution in [0.15, 0.2) is 51.8 Å². The fraction of sp³-hybridized carbons (Fsp3) is 0.200. The Morgan fingerprint density at radius 1 is 1.29 bits per heavy atom. The standard InChI is InChI=1S/C15H15BrClFN2S/c16-11-5-6-14(18)10(7-11)8-12(20-19)9-21-15-4-2-1-3-13(15)17/h1-7,12,20H,8-9,19H2. The molecule has 1 atom stereocenters. The second-order valence-electron chi connectivity index (χ2n) is 4.54. The van der Waals surface area contributed by atoms with Crippen molar-refractivity contribution in [3.05, 3.63) is 63.3 Å². The van der Waals surface area contributed by atoms with E-state index in [1.807, 2.05) is 24.3 Å². The Labute approximate surface area is 141 Å². The molecule has 21 heavy (non-hydrogen) atoms. The van der Waals surface area contributed by atoms with Gasteiger partial charge in [-0.15, -0.1) is 11.8 Å². The van der Waals surface area contributed by atoms with Gasteiger partial charge in [-0.1, -0.05) is 39.7 Å². The van der Waals surface area contributed by atoms with Gasteiger partial charge >= 0.3 is 0 Å². The summed E-state index contributed by atoms with van der Waals surface area (Å²) in [6, 6.07) is 12.5. The van der Waals surface area contributed by atoms with E-state index in [1.54, 1.807) is 23.9 Å². The smallest absolute Gasteiger partial charge is 0.126 e. The van der Waals surface area contributed by atoms with Crippen LogP contribution in [0.1, 0.15) is 5.56 Å². The highest BCUT2D eigenvalue weighted by Gasteiger charge is 2.13. The Hall–Kier alpha value is -0.590. The molecule has 0 amide bonds. The van der Waals surface area contributed by atoms with E-state index in [1.165, 1.54) is 6.07 Å². The first kappa shape index (κ1) is 16.8. The van der Waals surface area contributed by atoms with Gasteiger partial charge in [-0.2, -0.15) is 0 Å². The lowest BCUT2D eigenvalue weighted by Crippen LogP contribution is -2.38. The molecule has 0 bridgehead atoms. The van der Waals surface area contributed by atoms with Gasteiger partial charge in [-0.25, -0.2) is 4.39 Å². The fourth-order valence-corrected chi connectivity index (χ4v) is 3.57. The predicted molar refractivity (Wildman–Crippen MR) is 91.1 cm³/mol. The summed E-state index contributed by atoms with van der Waals surface area (Å²) in [5.41, 5.74) is 3.37. The zero-order valence-electron chi connectivity index (χ0n) is 11.2. The Balaban J connectivity index is 2.00. The second-order valence-corrected chi connectivity index (χ2v) is 6.93. The van der Waals surface area contributed by atoms with Gasteiger partial charge in [0, 0.05) is 21.2 Å². The quantitative estimate of drug-likeness (QED) is 0.437. The summed E-state index contributed by atoms with van der Waals surface area (Å²) in [5.74, 6) is 6.06. The molecular weight excluding hydrogens is 375 g/mol. The first-order chi connectivity index (χ1) is 10.1. The molecule has 0 heterocycles. The average Bonchev–Trinajstić information content (AvgIpc) is 2.48. The topological polar surface area (TPSA) is 38.0 Å². The third-order valence-electron chi connectivity index (χ3n) is 2.99. The van der Waals surface area contributed by atoms with Crippen LogP contribution in [0.25, 0.3) is 0 Å². The summed E-state index contributed by atoms with van der Waals surface area (Å²) in [5, 5.41) is 0.715. The lowest BCUT2D eigenvalue weighted by Gasteiger charge is -2.16. The minimum atomic E-state index is -0.221. The van der Waals surface area contributed by atoms with Gasteiger partial charge in [0.25, 0.3) is 0 Å². The highest BCUT2D eigenvalue weighted by Crippen LogP contribution is 2.27. The van der Waals surface area contributed by atoms with Crippen LogP contribution in [0, 0.1) is 5.82 Å². The lowest BCUT2D eigenvalue weighted by molar-refractivity contribution is 0.546. The van der Waals surface area contributed by atoms with Crippen LogP contribution in [-0.2, 0) is 6.42 Å². The van der Waals surface area contributed by atoms with Crippen molar-refractivity contribution in [2.75, 3.05) is 5.75 Å². The summed E-state index contributed by atoms with van der Waals surface area (Å²) in [6.07, 6.45) is 0.513. The third kappa shape index (κ3) is 4.97. The summed E-state index contributed by atoms with van der Waals surface area (Å²) in [6.45, 7) is 0. The second kappa shape index (κ2) is 8.15. The Morgan fingerprint density at radius 3 is 2.76 bits per heavy atom. The summed E-state index contributed by atoms with van der Waals surface area (Å²) >= 11 is 11.1. The van der Waals surface area contributed by atoms with E-state index in [0.29, 0.717) is 22.8 Å². The van der Waals surface area contributed by atoms with Gasteiger partial charge in [0.05, 0.1) is 5.02 Å². The molecule has 0 aromatic heterocycles. The van der Waals surface area contributed by atoms with Crippen molar-refractivity contribution in [1.82, 2.24) is 5.43 Å². The van der Waals surface area contributed by atoms with Crippen molar-refractivity contribution in [2.45, 2.75) is 17.4 Å². The highest BCUT2D eigenvalue weighted by molar-refractivity contribution is 9.10. The van der Waals surface area contributed by atoms with Gasteiger partial charge in [0.1, 0.15) is 5.82 Å². The van der Waals surface area contributed by atoms with E-state index in [-0.39, 0.29) is 11.9 Å². The minimum Gasteiger partial charge on any atom is -0.271 e. The van der Waals surface area contributed by atoms with Gasteiger partial charge in [-0.3, -0.25) is 11.3 Å². The van der Waals surface area contributed by atoms with Crippen molar-refractivity contribution < 1.29 is 4.39 Å². The number of nitrogens with one attached hydrogen (secondary N) is 1. The van der Waals surface area contributed by atoms with E-state index in [2.05, 4.69) is 21.4 Å². The SMILES string of the molecule is NNC(CSc1ccccc1Cl)Cc1cc(Br)ccc1F. The van der Waals surface area contributed by atoms with Crippen molar-refractivity contribution in [3.63, 3.8) is 0 Å². The predicted octanol–water partition coefficient (Wildman–Crippen LogP) is 4.41. The number of halogens is 3. The van der Waals surface area contributed by atoms with E-state index in [0.717, 1.165) is 9.37 Å². The maximum atomic E-state index is 13.8. The summed E-state index contributed by atoms with van der Waals surface area (Å²) in [4.78, 5) is 0.995. The molecule has 2 aromatic carbocycles. The molecule has 2 nitrogen and oxygen atoms in total. The zero-order valence-corrected chi connectivity index (χ0v) is 14.3. The van der Waals surface area contributed by atoms with Crippen LogP contribution >= 0.6 is 39.3 Å². The minimum absolute atomic E-state index is 0.0462. The molecule has 0 aliphatic carbocycles. The van der Waals surface area contributed by atoms with Crippen molar-refractivity contribution in [2.24, 2.45) is 5.84 Å². The van der Waals surface area contributed by atoms with Gasteiger partial charge in [-0.05, 0) is 42.3 Å². The van der Waals surface area contributed by atoms with E-state index >= 15 is 0 Å². The number of hydrogen-bond donors (Lipinski definition) is 2. The Kier molecular flexibility index (Phi) is 6.51. The lowest BCUT2D eigenvalue weighted by atomic mass is 10.1. The average molecular weight is 390 g/mol. The van der Waals surface area contributed by atoms with Crippen molar-refractivity contribution in [3.8, 4) is 0 Å². The highest BCUT2D eigenvalue weighted by atomic mass is 79.9. The molecule has 0 saturated carbocycles. The van der Waals surface area contributed by atoms with Gasteiger partial charge in [0.2, 0.25) is 0 Å². The van der Waals surface area contributed by atoms with Gasteiger partial charge < -0.3 is 0 Å². The van der Waals surface area contributed by atoms with Gasteiger partial charge in [0.15, 0.2) is 0 Å². The third-order valence-corrected chi connectivity index (χ3v) is 5.16. The Bertz CT molecular complexity index is 612. The maximum Gasteiger partial charge on any atom is 0.126 e. The van der Waals surface area contributed by atoms with E-state index in [9.17, 15) is 4.39 Å². The molecule has 0 aliphatic rings. The van der Waals surface area contributed by atoms with E-state index < -0.39 is 0 Å². The van der Waals surface area contributed by atoms with Crippen LogP contribution in [0.3, 0.4) is 0 Å². The number of benzene rings is 2. The molecule has 0 saturated heterocycles. The van der Waals surface area contributed by atoms with Crippen molar-refractivity contribution >= 4 is 39.3 Å². The first-order valence-electron chi connectivity index (χ1n) is 6.37. The van der Waals surface area contributed by atoms with Crippen LogP contribution < -0.4 is 11.3 Å². The molecule has 0 aliphatic heterocycles. The molecule has 0 spiro atoms. The normalized spacial score (nSPS) is 12.4. The molecule has 6 heteroatoms. The number of hydrogen-bond acceptors (Lipinski definition) is 3. The number of hydrazine groups is 1. The van der Waals surface area contributed by atoms with Crippen LogP contribution in [0.2, 0.25) is 5.02 Å². The Morgan fingerprint density at radius 2 is 2.05 bits per heavy atom. The molecule has 2 rings (SSSR count). The molecule has 0 fully saturated rings. The monoisotopic (exact) mass is 388 g/mol. The summed E-state index contributed by atoms with van der Waals surface area (Å²) < 4.78 is 14.6. The number of nitrogens with two attached hydrogens (primary N) is 1. The molecule has 2 aromatic rings. The van der Waals surface area contributed by atoms with Crippen LogP contribution in [-0.4, -0.2) is 11.8 Å². The molecule has 0 radical (unpaired) electrons. The molecule has 112 valence electrons. The van der Waals surface area contributed by atoms with E-state index in [4.69, 9.17) is 17.4 Å². The van der Waals surface area contributed by atoms with Crippen LogP contribution in [0.5, 0.6) is 0 Å². The number of thioether (sulfide) groups is 1. The molecular formula is C15H15BrClFN2S.